The maximum absolute atomic E-state index is 10.4. The first kappa shape index (κ1) is 31.0. The Bertz CT molecular complexity index is 404. The summed E-state index contributed by atoms with van der Waals surface area (Å²) in [7, 11) is -4.63. The van der Waals surface area contributed by atoms with Crippen LogP contribution in [0.4, 0.5) is 0 Å². The van der Waals surface area contributed by atoms with Crippen LogP contribution in [0.25, 0.3) is 0 Å². The van der Waals surface area contributed by atoms with E-state index < -0.39 is 16.5 Å². The van der Waals surface area contributed by atoms with Crippen LogP contribution in [0.1, 0.15) is 117 Å². The van der Waals surface area contributed by atoms with E-state index in [-0.39, 0.29) is 36.2 Å². The number of unbranched alkanes of at least 4 members (excludes halogenated alkanes) is 15. The molecule has 0 N–H and O–H groups in total. The van der Waals surface area contributed by atoms with Gasteiger partial charge in [0.05, 0.1) is 12.7 Å². The van der Waals surface area contributed by atoms with E-state index in [1.54, 1.807) is 0 Å². The molecule has 0 aliphatic heterocycles. The zero-order valence-corrected chi connectivity index (χ0v) is 21.6. The molecule has 0 rings (SSSR count). The molecule has 0 radical (unpaired) electrons. The third-order valence-corrected chi connectivity index (χ3v) is 5.34. The van der Waals surface area contributed by atoms with E-state index in [1.165, 1.54) is 96.8 Å². The summed E-state index contributed by atoms with van der Waals surface area (Å²) in [5.41, 5.74) is 0. The van der Waals surface area contributed by atoms with Crippen molar-refractivity contribution in [2.75, 3.05) is 13.2 Å². The average Bonchev–Trinajstić information content (AvgIpc) is 2.59. The molecule has 0 bridgehead atoms. The maximum atomic E-state index is 10.4. The Labute approximate surface area is 197 Å². The summed E-state index contributed by atoms with van der Waals surface area (Å²) in [6.45, 7) is 4.51. The first-order chi connectivity index (χ1) is 13.0. The van der Waals surface area contributed by atoms with Crippen molar-refractivity contribution in [2.45, 2.75) is 123 Å². The second-order valence-corrected chi connectivity index (χ2v) is 8.70. The van der Waals surface area contributed by atoms with Crippen molar-refractivity contribution < 1.29 is 51.4 Å². The first-order valence-electron chi connectivity index (χ1n) is 11.2. The van der Waals surface area contributed by atoms with Crippen molar-refractivity contribution >= 4 is 10.4 Å². The molecule has 0 aliphatic carbocycles. The molecule has 7 heteroatoms. The summed E-state index contributed by atoms with van der Waals surface area (Å²) in [5, 5.41) is 0. The van der Waals surface area contributed by atoms with Crippen molar-refractivity contribution in [1.82, 2.24) is 0 Å². The fraction of sp³-hybridized carbons (Fsp3) is 1.00. The smallest absolute Gasteiger partial charge is 0.726 e. The summed E-state index contributed by atoms with van der Waals surface area (Å²) >= 11 is 0. The second-order valence-electron chi connectivity index (χ2n) is 7.69. The third-order valence-electron chi connectivity index (χ3n) is 4.78. The summed E-state index contributed by atoms with van der Waals surface area (Å²) in [4.78, 5) is 0. The van der Waals surface area contributed by atoms with E-state index >= 15 is 0 Å². The van der Waals surface area contributed by atoms with Gasteiger partial charge in [0.1, 0.15) is 0 Å². The van der Waals surface area contributed by atoms with Gasteiger partial charge in [0.2, 0.25) is 10.4 Å². The van der Waals surface area contributed by atoms with Crippen LogP contribution < -0.4 is 29.6 Å². The maximum Gasteiger partial charge on any atom is 1.00 e. The molecule has 1 atom stereocenters. The molecule has 164 valence electrons. The van der Waals surface area contributed by atoms with Crippen LogP contribution in [-0.2, 0) is 19.3 Å². The van der Waals surface area contributed by atoms with Crippen LogP contribution in [0.2, 0.25) is 0 Å². The number of ether oxygens (including phenoxy) is 1. The van der Waals surface area contributed by atoms with E-state index in [4.69, 9.17) is 4.74 Å². The van der Waals surface area contributed by atoms with E-state index in [1.807, 2.05) is 0 Å². The Kier molecular flexibility index (Phi) is 24.9. The quantitative estimate of drug-likeness (QED) is 0.121. The Morgan fingerprint density at radius 1 is 0.714 bits per heavy atom. The second kappa shape index (κ2) is 22.5. The van der Waals surface area contributed by atoms with Gasteiger partial charge in [-0.1, -0.05) is 103 Å². The van der Waals surface area contributed by atoms with Gasteiger partial charge in [-0.2, -0.15) is 0 Å². The van der Waals surface area contributed by atoms with E-state index in [2.05, 4.69) is 11.1 Å². The van der Waals surface area contributed by atoms with Gasteiger partial charge in [0, 0.05) is 6.61 Å². The minimum absolute atomic E-state index is 0. The largest absolute Gasteiger partial charge is 1.00 e. The van der Waals surface area contributed by atoms with Crippen LogP contribution in [-0.4, -0.2) is 32.3 Å². The minimum Gasteiger partial charge on any atom is -0.726 e. The van der Waals surface area contributed by atoms with Crippen molar-refractivity contribution in [2.24, 2.45) is 0 Å². The fourth-order valence-electron chi connectivity index (χ4n) is 3.23. The molecule has 0 aromatic heterocycles. The monoisotopic (exact) mass is 430 g/mol. The molecule has 0 fully saturated rings. The van der Waals surface area contributed by atoms with Gasteiger partial charge in [-0.15, -0.1) is 0 Å². The van der Waals surface area contributed by atoms with Gasteiger partial charge in [-0.05, 0) is 13.3 Å². The Morgan fingerprint density at radius 2 is 1.07 bits per heavy atom. The fourth-order valence-corrected chi connectivity index (χ4v) is 3.69. The van der Waals surface area contributed by atoms with E-state index in [9.17, 15) is 13.0 Å². The van der Waals surface area contributed by atoms with Crippen LogP contribution in [0, 0.1) is 0 Å². The number of rotatable bonds is 21. The average molecular weight is 431 g/mol. The van der Waals surface area contributed by atoms with Crippen LogP contribution in [0.5, 0.6) is 0 Å². The van der Waals surface area contributed by atoms with Gasteiger partial charge in [-0.25, -0.2) is 8.42 Å². The zero-order valence-electron chi connectivity index (χ0n) is 18.8. The normalized spacial score (nSPS) is 12.7. The molecule has 5 nitrogen and oxygen atoms in total. The van der Waals surface area contributed by atoms with Crippen LogP contribution >= 0.6 is 0 Å². The molecule has 0 aromatic carbocycles. The molecule has 0 spiro atoms. The summed E-state index contributed by atoms with van der Waals surface area (Å²) in [6, 6.07) is 0. The number of hydrogen-bond acceptors (Lipinski definition) is 5. The molecular weight excluding hydrogens is 387 g/mol. The topological polar surface area (TPSA) is 75.7 Å². The molecular formula is C21H43NaO5S. The molecule has 0 heterocycles. The Hall–Kier alpha value is 0.830. The summed E-state index contributed by atoms with van der Waals surface area (Å²) in [6.07, 6.45) is 20.6. The van der Waals surface area contributed by atoms with E-state index in [0.29, 0.717) is 6.61 Å². The van der Waals surface area contributed by atoms with Crippen molar-refractivity contribution in [3.05, 3.63) is 0 Å². The molecule has 1 unspecified atom stereocenters. The SMILES string of the molecule is CCCCCCCCCCCCCCCCCCOCC(C)OS(=O)(=O)[O-].[Na+]. The van der Waals surface area contributed by atoms with Gasteiger partial charge in [0.25, 0.3) is 0 Å². The Morgan fingerprint density at radius 3 is 1.43 bits per heavy atom. The molecule has 0 saturated heterocycles. The molecule has 0 aromatic rings. The van der Waals surface area contributed by atoms with E-state index in [0.717, 1.165) is 12.8 Å². The predicted octanol–water partition coefficient (Wildman–Crippen LogP) is 3.13. The van der Waals surface area contributed by atoms with Crippen LogP contribution in [0.15, 0.2) is 0 Å². The molecule has 0 amide bonds. The zero-order chi connectivity index (χ0) is 20.2. The van der Waals surface area contributed by atoms with Crippen molar-refractivity contribution in [3.8, 4) is 0 Å². The first-order valence-corrected chi connectivity index (χ1v) is 12.5. The molecule has 28 heavy (non-hydrogen) atoms. The predicted molar refractivity (Wildman–Crippen MR) is 111 cm³/mol. The van der Waals surface area contributed by atoms with Gasteiger partial charge in [0.15, 0.2) is 0 Å². The van der Waals surface area contributed by atoms with Gasteiger partial charge < -0.3 is 9.29 Å². The number of hydrogen-bond donors (Lipinski definition) is 0. The summed E-state index contributed by atoms with van der Waals surface area (Å²) in [5.74, 6) is 0. The summed E-state index contributed by atoms with van der Waals surface area (Å²) < 4.78 is 40.8. The van der Waals surface area contributed by atoms with Gasteiger partial charge >= 0.3 is 29.6 Å². The third kappa shape index (κ3) is 26.8. The molecule has 0 saturated carbocycles. The standard InChI is InChI=1S/C21H44O5S.Na/c1-3-4-5-6-7-8-9-10-11-12-13-14-15-16-17-18-19-25-20-21(2)26-27(22,23)24;/h21H,3-20H2,1-2H3,(H,22,23,24);/q;+1/p-1. The van der Waals surface area contributed by atoms with Gasteiger partial charge in [-0.3, -0.25) is 4.18 Å². The van der Waals surface area contributed by atoms with Crippen molar-refractivity contribution in [1.29, 1.82) is 0 Å². The molecule has 0 aliphatic rings. The van der Waals surface area contributed by atoms with Crippen molar-refractivity contribution in [3.63, 3.8) is 0 Å². The minimum atomic E-state index is -4.63. The Balaban J connectivity index is 0. The van der Waals surface area contributed by atoms with Crippen LogP contribution in [0.3, 0.4) is 0 Å².